The lowest BCUT2D eigenvalue weighted by molar-refractivity contribution is 0.305. The van der Waals surface area contributed by atoms with Gasteiger partial charge in [0.05, 0.1) is 0 Å². The number of aromatic nitrogens is 1. The Bertz CT molecular complexity index is 616. The summed E-state index contributed by atoms with van der Waals surface area (Å²) in [7, 11) is 0. The van der Waals surface area contributed by atoms with E-state index in [1.807, 2.05) is 48.5 Å². The van der Waals surface area contributed by atoms with Crippen LogP contribution < -0.4 is 4.74 Å². The third kappa shape index (κ3) is 1.99. The summed E-state index contributed by atoms with van der Waals surface area (Å²) in [5.41, 5.74) is 2.64. The van der Waals surface area contributed by atoms with E-state index in [9.17, 15) is 0 Å². The van der Waals surface area contributed by atoms with E-state index in [-0.39, 0.29) is 0 Å². The van der Waals surface area contributed by atoms with Crippen molar-refractivity contribution >= 4 is 11.1 Å². The van der Waals surface area contributed by atoms with Crippen LogP contribution >= 0.6 is 0 Å². The van der Waals surface area contributed by atoms with Gasteiger partial charge in [0.25, 0.3) is 0 Å². The zero-order valence-corrected chi connectivity index (χ0v) is 9.17. The molecule has 84 valence electrons. The van der Waals surface area contributed by atoms with Crippen molar-refractivity contribution in [2.24, 2.45) is 0 Å². The normalized spacial score (nSPS) is 10.6. The van der Waals surface area contributed by atoms with E-state index in [0.717, 1.165) is 16.8 Å². The van der Waals surface area contributed by atoms with Gasteiger partial charge in [-0.05, 0) is 17.7 Å². The Morgan fingerprint density at radius 3 is 2.76 bits per heavy atom. The summed E-state index contributed by atoms with van der Waals surface area (Å²) in [6.45, 7) is 0.528. The van der Waals surface area contributed by atoms with Crippen LogP contribution in [-0.4, -0.2) is 4.98 Å². The molecule has 0 bridgehead atoms. The maximum Gasteiger partial charge on any atom is 0.196 e. The van der Waals surface area contributed by atoms with Crippen molar-refractivity contribution < 1.29 is 9.15 Å². The molecule has 3 heteroatoms. The number of fused-ring (bicyclic) bond motifs is 1. The Morgan fingerprint density at radius 2 is 1.88 bits per heavy atom. The van der Waals surface area contributed by atoms with Crippen molar-refractivity contribution in [3.05, 3.63) is 60.5 Å². The first-order valence-corrected chi connectivity index (χ1v) is 5.42. The second kappa shape index (κ2) is 4.29. The maximum atomic E-state index is 5.73. The lowest BCUT2D eigenvalue weighted by Gasteiger charge is -2.05. The predicted molar refractivity (Wildman–Crippen MR) is 64.8 cm³/mol. The van der Waals surface area contributed by atoms with Gasteiger partial charge in [-0.2, -0.15) is 0 Å². The molecule has 0 saturated carbocycles. The average molecular weight is 225 g/mol. The largest absolute Gasteiger partial charge is 0.485 e. The van der Waals surface area contributed by atoms with Crippen molar-refractivity contribution in [3.63, 3.8) is 0 Å². The molecule has 0 amide bonds. The zero-order valence-electron chi connectivity index (χ0n) is 9.17. The molecule has 2 aromatic carbocycles. The fourth-order valence-corrected chi connectivity index (χ4v) is 1.71. The van der Waals surface area contributed by atoms with E-state index in [1.165, 1.54) is 6.39 Å². The van der Waals surface area contributed by atoms with Gasteiger partial charge < -0.3 is 9.15 Å². The van der Waals surface area contributed by atoms with Gasteiger partial charge in [0.2, 0.25) is 0 Å². The molecule has 0 aliphatic carbocycles. The van der Waals surface area contributed by atoms with Crippen molar-refractivity contribution in [1.29, 1.82) is 0 Å². The average Bonchev–Trinajstić information content (AvgIpc) is 2.86. The van der Waals surface area contributed by atoms with Gasteiger partial charge >= 0.3 is 0 Å². The standard InChI is InChI=1S/C14H11NO2/c1-2-5-11(6-3-1)9-16-13-8-4-7-12-14(13)17-10-15-12/h1-8,10H,9H2. The van der Waals surface area contributed by atoms with Gasteiger partial charge in [-0.25, -0.2) is 4.98 Å². The topological polar surface area (TPSA) is 35.3 Å². The summed E-state index contributed by atoms with van der Waals surface area (Å²) >= 11 is 0. The minimum absolute atomic E-state index is 0.528. The highest BCUT2D eigenvalue weighted by Crippen LogP contribution is 2.25. The summed E-state index contributed by atoms with van der Waals surface area (Å²) < 4.78 is 11.0. The molecule has 0 spiro atoms. The second-order valence-corrected chi connectivity index (χ2v) is 3.73. The van der Waals surface area contributed by atoms with Gasteiger partial charge in [-0.1, -0.05) is 36.4 Å². The first kappa shape index (κ1) is 9.90. The molecular formula is C14H11NO2. The van der Waals surface area contributed by atoms with E-state index in [2.05, 4.69) is 4.98 Å². The zero-order chi connectivity index (χ0) is 11.5. The number of benzene rings is 2. The van der Waals surface area contributed by atoms with E-state index in [1.54, 1.807) is 0 Å². The van der Waals surface area contributed by atoms with Crippen LogP contribution in [0.3, 0.4) is 0 Å². The van der Waals surface area contributed by atoms with Gasteiger partial charge in [0.15, 0.2) is 17.7 Å². The number of hydrogen-bond acceptors (Lipinski definition) is 3. The van der Waals surface area contributed by atoms with E-state index in [0.29, 0.717) is 12.2 Å². The van der Waals surface area contributed by atoms with Crippen LogP contribution in [0.25, 0.3) is 11.1 Å². The molecule has 3 nitrogen and oxygen atoms in total. The molecule has 17 heavy (non-hydrogen) atoms. The quantitative estimate of drug-likeness (QED) is 0.685. The summed E-state index contributed by atoms with van der Waals surface area (Å²) in [6, 6.07) is 15.7. The Hall–Kier alpha value is -2.29. The van der Waals surface area contributed by atoms with Crippen LogP contribution in [0.15, 0.2) is 59.3 Å². The molecular weight excluding hydrogens is 214 g/mol. The minimum atomic E-state index is 0.528. The molecule has 0 saturated heterocycles. The Kier molecular flexibility index (Phi) is 2.50. The van der Waals surface area contributed by atoms with Crippen molar-refractivity contribution in [2.75, 3.05) is 0 Å². The molecule has 0 atom stereocenters. The monoisotopic (exact) mass is 225 g/mol. The van der Waals surface area contributed by atoms with Gasteiger partial charge in [0, 0.05) is 0 Å². The Morgan fingerprint density at radius 1 is 1.00 bits per heavy atom. The van der Waals surface area contributed by atoms with Crippen LogP contribution in [0.2, 0.25) is 0 Å². The number of para-hydroxylation sites is 1. The maximum absolute atomic E-state index is 5.73. The fourth-order valence-electron chi connectivity index (χ4n) is 1.71. The van der Waals surface area contributed by atoms with Crippen molar-refractivity contribution in [3.8, 4) is 5.75 Å². The first-order valence-electron chi connectivity index (χ1n) is 5.42. The number of oxazole rings is 1. The summed E-state index contributed by atoms with van der Waals surface area (Å²) in [5, 5.41) is 0. The molecule has 0 aliphatic rings. The third-order valence-corrected chi connectivity index (χ3v) is 2.56. The van der Waals surface area contributed by atoms with E-state index < -0.39 is 0 Å². The van der Waals surface area contributed by atoms with Crippen LogP contribution in [0.4, 0.5) is 0 Å². The number of rotatable bonds is 3. The Balaban J connectivity index is 1.84. The highest BCUT2D eigenvalue weighted by atomic mass is 16.5. The Labute approximate surface area is 98.7 Å². The lowest BCUT2D eigenvalue weighted by Crippen LogP contribution is -1.94. The van der Waals surface area contributed by atoms with Crippen LogP contribution in [0.5, 0.6) is 5.75 Å². The molecule has 3 aromatic rings. The number of ether oxygens (including phenoxy) is 1. The fraction of sp³-hybridized carbons (Fsp3) is 0.0714. The molecule has 0 unspecified atom stereocenters. The summed E-state index contributed by atoms with van der Waals surface area (Å²) in [4.78, 5) is 4.09. The van der Waals surface area contributed by atoms with Crippen LogP contribution in [0.1, 0.15) is 5.56 Å². The van der Waals surface area contributed by atoms with Gasteiger partial charge in [-0.3, -0.25) is 0 Å². The SMILES string of the molecule is c1ccc(COc2cccc3ncoc23)cc1. The molecule has 0 aliphatic heterocycles. The second-order valence-electron chi connectivity index (χ2n) is 3.73. The molecule has 1 heterocycles. The van der Waals surface area contributed by atoms with Gasteiger partial charge in [-0.15, -0.1) is 0 Å². The summed E-state index contributed by atoms with van der Waals surface area (Å²) in [6.07, 6.45) is 1.43. The predicted octanol–water partition coefficient (Wildman–Crippen LogP) is 3.41. The van der Waals surface area contributed by atoms with Crippen molar-refractivity contribution in [1.82, 2.24) is 4.98 Å². The highest BCUT2D eigenvalue weighted by molar-refractivity contribution is 5.78. The van der Waals surface area contributed by atoms with Crippen molar-refractivity contribution in [2.45, 2.75) is 6.61 Å². The molecule has 0 N–H and O–H groups in total. The van der Waals surface area contributed by atoms with E-state index in [4.69, 9.17) is 9.15 Å². The molecule has 3 rings (SSSR count). The number of hydrogen-bond donors (Lipinski definition) is 0. The van der Waals surface area contributed by atoms with Crippen LogP contribution in [0, 0.1) is 0 Å². The third-order valence-electron chi connectivity index (χ3n) is 2.56. The van der Waals surface area contributed by atoms with E-state index >= 15 is 0 Å². The van der Waals surface area contributed by atoms with Gasteiger partial charge in [0.1, 0.15) is 12.1 Å². The number of nitrogens with zero attached hydrogens (tertiary/aromatic N) is 1. The first-order chi connectivity index (χ1) is 8.43. The summed E-state index contributed by atoms with van der Waals surface area (Å²) in [5.74, 6) is 0.726. The molecule has 0 radical (unpaired) electrons. The lowest BCUT2D eigenvalue weighted by atomic mass is 10.2. The minimum Gasteiger partial charge on any atom is -0.485 e. The molecule has 0 fully saturated rings. The molecule has 1 aromatic heterocycles. The van der Waals surface area contributed by atoms with Crippen LogP contribution in [-0.2, 0) is 6.61 Å². The smallest absolute Gasteiger partial charge is 0.196 e. The highest BCUT2D eigenvalue weighted by Gasteiger charge is 2.05.